The third kappa shape index (κ3) is 17.0. The van der Waals surface area contributed by atoms with Gasteiger partial charge in [-0.05, 0) is 123 Å². The van der Waals surface area contributed by atoms with Gasteiger partial charge in [0, 0.05) is 11.1 Å². The first-order valence-corrected chi connectivity index (χ1v) is 23.8. The van der Waals surface area contributed by atoms with E-state index in [0.717, 1.165) is 35.5 Å². The van der Waals surface area contributed by atoms with Crippen molar-refractivity contribution in [3.05, 3.63) is 107 Å². The maximum Gasteiger partial charge on any atom is 0.343 e. The normalized spacial score (nSPS) is 11.1. The average molecular weight is 859 g/mol. The van der Waals surface area contributed by atoms with Crippen molar-refractivity contribution >= 4 is 11.9 Å². The summed E-state index contributed by atoms with van der Waals surface area (Å²) in [6.07, 6.45) is 25.6. The van der Waals surface area contributed by atoms with Crippen LogP contribution in [-0.4, -0.2) is 35.3 Å². The van der Waals surface area contributed by atoms with Gasteiger partial charge in [0.2, 0.25) is 11.8 Å². The molecule has 0 amide bonds. The van der Waals surface area contributed by atoms with Gasteiger partial charge in [0.05, 0.1) is 24.3 Å². The van der Waals surface area contributed by atoms with E-state index in [2.05, 4.69) is 24.0 Å². The molecular formula is C54H70N2O7. The summed E-state index contributed by atoms with van der Waals surface area (Å²) in [5.41, 5.74) is 4.04. The smallest absolute Gasteiger partial charge is 0.343 e. The fourth-order valence-electron chi connectivity index (χ4n) is 7.54. The van der Waals surface area contributed by atoms with E-state index in [1.807, 2.05) is 26.0 Å². The van der Waals surface area contributed by atoms with Crippen LogP contribution in [0.2, 0.25) is 0 Å². The van der Waals surface area contributed by atoms with Crippen LogP contribution in [-0.2, 0) is 0 Å². The molecule has 1 heterocycles. The summed E-state index contributed by atoms with van der Waals surface area (Å²) >= 11 is 0. The van der Waals surface area contributed by atoms with Gasteiger partial charge in [-0.15, -0.1) is 10.2 Å². The molecule has 0 saturated carbocycles. The van der Waals surface area contributed by atoms with Gasteiger partial charge in [0.1, 0.15) is 23.0 Å². The topological polar surface area (TPSA) is 110 Å². The summed E-state index contributed by atoms with van der Waals surface area (Å²) in [6.45, 7) is 9.74. The number of hydrogen-bond acceptors (Lipinski definition) is 9. The molecule has 0 fully saturated rings. The van der Waals surface area contributed by atoms with Crippen LogP contribution in [0.15, 0.2) is 89.3 Å². The Morgan fingerprint density at radius 3 is 1.11 bits per heavy atom. The number of aromatic nitrogens is 2. The maximum atomic E-state index is 13.0. The summed E-state index contributed by atoms with van der Waals surface area (Å²) in [7, 11) is 0. The quantitative estimate of drug-likeness (QED) is 0.0253. The molecule has 0 N–H and O–H groups in total. The second-order valence-corrected chi connectivity index (χ2v) is 16.8. The fourth-order valence-corrected chi connectivity index (χ4v) is 7.54. The lowest BCUT2D eigenvalue weighted by Crippen LogP contribution is -2.09. The second kappa shape index (κ2) is 27.6. The van der Waals surface area contributed by atoms with Gasteiger partial charge in [-0.1, -0.05) is 129 Å². The molecule has 0 aliphatic heterocycles. The number of hydrogen-bond donors (Lipinski definition) is 0. The standard InChI is InChI=1S/C54H70N2O7/c1-5-7-9-11-13-15-17-19-21-23-37-59-49-35-29-45(39-41(49)3)53(57)61-47-31-25-43(26-32-47)51-55-56-52(63-51)44-27-33-48(34-28-44)62-54(58)46-30-36-50(42(4)40-46)60-38-24-22-20-18-16-14-12-10-8-6-2/h25-36,39-40H,5-24,37-38H2,1-4H3. The minimum Gasteiger partial charge on any atom is -0.493 e. The molecule has 5 aromatic rings. The molecule has 9 heteroatoms. The van der Waals surface area contributed by atoms with Crippen molar-refractivity contribution in [3.8, 4) is 45.9 Å². The number of rotatable bonds is 30. The molecule has 0 spiro atoms. The fraction of sp³-hybridized carbons (Fsp3) is 0.481. The molecule has 9 nitrogen and oxygen atoms in total. The highest BCUT2D eigenvalue weighted by Crippen LogP contribution is 2.29. The average Bonchev–Trinajstić information content (AvgIpc) is 3.79. The Morgan fingerprint density at radius 1 is 0.444 bits per heavy atom. The maximum absolute atomic E-state index is 13.0. The van der Waals surface area contributed by atoms with Crippen LogP contribution in [0.5, 0.6) is 23.0 Å². The zero-order valence-electron chi connectivity index (χ0n) is 38.4. The molecule has 4 aromatic carbocycles. The summed E-state index contributed by atoms with van der Waals surface area (Å²) in [5.74, 6) is 2.10. The SMILES string of the molecule is CCCCCCCCCCCCOc1ccc(C(=O)Oc2ccc(-c3nnc(-c4ccc(OC(=O)c5ccc(OCCCCCCCCCCCC)c(C)c5)cc4)o3)cc2)cc1C. The highest BCUT2D eigenvalue weighted by molar-refractivity contribution is 5.92. The van der Waals surface area contributed by atoms with Crippen molar-refractivity contribution in [3.63, 3.8) is 0 Å². The van der Waals surface area contributed by atoms with Gasteiger partial charge in [-0.25, -0.2) is 9.59 Å². The minimum absolute atomic E-state index is 0.314. The van der Waals surface area contributed by atoms with Crippen LogP contribution in [0.4, 0.5) is 0 Å². The molecule has 63 heavy (non-hydrogen) atoms. The van der Waals surface area contributed by atoms with E-state index in [1.165, 1.54) is 116 Å². The van der Waals surface area contributed by atoms with E-state index in [0.29, 0.717) is 58.7 Å². The lowest BCUT2D eigenvalue weighted by Gasteiger charge is -2.11. The van der Waals surface area contributed by atoms with E-state index in [-0.39, 0.29) is 0 Å². The van der Waals surface area contributed by atoms with Gasteiger partial charge >= 0.3 is 11.9 Å². The zero-order valence-corrected chi connectivity index (χ0v) is 38.4. The largest absolute Gasteiger partial charge is 0.493 e. The molecule has 5 rings (SSSR count). The van der Waals surface area contributed by atoms with Crippen molar-refractivity contribution in [1.29, 1.82) is 0 Å². The van der Waals surface area contributed by atoms with Crippen LogP contribution in [0, 0.1) is 13.8 Å². The van der Waals surface area contributed by atoms with Gasteiger partial charge in [-0.3, -0.25) is 0 Å². The molecule has 1 aromatic heterocycles. The first-order chi connectivity index (χ1) is 30.8. The Balaban J connectivity index is 1.01. The van der Waals surface area contributed by atoms with Crippen molar-refractivity contribution in [2.75, 3.05) is 13.2 Å². The molecule has 0 aliphatic carbocycles. The van der Waals surface area contributed by atoms with Crippen LogP contribution < -0.4 is 18.9 Å². The van der Waals surface area contributed by atoms with E-state index in [4.69, 9.17) is 23.4 Å². The lowest BCUT2D eigenvalue weighted by atomic mass is 10.1. The predicted molar refractivity (Wildman–Crippen MR) is 252 cm³/mol. The van der Waals surface area contributed by atoms with E-state index >= 15 is 0 Å². The number of unbranched alkanes of at least 4 members (excludes halogenated alkanes) is 18. The van der Waals surface area contributed by atoms with Crippen molar-refractivity contribution < 1.29 is 33.0 Å². The summed E-state index contributed by atoms with van der Waals surface area (Å²) < 4.78 is 29.3. The van der Waals surface area contributed by atoms with E-state index in [9.17, 15) is 9.59 Å². The third-order valence-electron chi connectivity index (χ3n) is 11.4. The Kier molecular flexibility index (Phi) is 21.3. The molecule has 0 saturated heterocycles. The van der Waals surface area contributed by atoms with Crippen LogP contribution in [0.3, 0.4) is 0 Å². The molecule has 0 radical (unpaired) electrons. The summed E-state index contributed by atoms with van der Waals surface area (Å²) in [6, 6.07) is 24.6. The molecule has 0 atom stereocenters. The number of aryl methyl sites for hydroxylation is 2. The number of carbonyl (C=O) groups excluding carboxylic acids is 2. The number of benzene rings is 4. The Bertz CT molecular complexity index is 1940. The van der Waals surface area contributed by atoms with Crippen LogP contribution in [0.1, 0.15) is 174 Å². The lowest BCUT2D eigenvalue weighted by molar-refractivity contribution is 0.0725. The first kappa shape index (κ1) is 48.6. The molecule has 0 aliphatic rings. The van der Waals surface area contributed by atoms with Crippen molar-refractivity contribution in [2.24, 2.45) is 0 Å². The van der Waals surface area contributed by atoms with Crippen molar-refractivity contribution in [1.82, 2.24) is 10.2 Å². The molecule has 0 unspecified atom stereocenters. The Labute approximate surface area is 376 Å². The van der Waals surface area contributed by atoms with Gasteiger partial charge in [-0.2, -0.15) is 0 Å². The predicted octanol–water partition coefficient (Wildman–Crippen LogP) is 15.1. The zero-order chi connectivity index (χ0) is 44.5. The highest BCUT2D eigenvalue weighted by atomic mass is 16.5. The Morgan fingerprint density at radius 2 is 0.778 bits per heavy atom. The van der Waals surface area contributed by atoms with Gasteiger partial charge in [0.25, 0.3) is 0 Å². The third-order valence-corrected chi connectivity index (χ3v) is 11.4. The minimum atomic E-state index is -0.450. The van der Waals surface area contributed by atoms with E-state index < -0.39 is 11.9 Å². The first-order valence-electron chi connectivity index (χ1n) is 23.8. The number of nitrogens with zero attached hydrogens (tertiary/aromatic N) is 2. The monoisotopic (exact) mass is 859 g/mol. The summed E-state index contributed by atoms with van der Waals surface area (Å²) in [4.78, 5) is 26.0. The van der Waals surface area contributed by atoms with Gasteiger partial charge in [0.15, 0.2) is 0 Å². The molecule has 0 bridgehead atoms. The second-order valence-electron chi connectivity index (χ2n) is 16.8. The summed E-state index contributed by atoms with van der Waals surface area (Å²) in [5, 5.41) is 8.43. The van der Waals surface area contributed by atoms with Crippen LogP contribution in [0.25, 0.3) is 22.9 Å². The van der Waals surface area contributed by atoms with E-state index in [1.54, 1.807) is 72.8 Å². The van der Waals surface area contributed by atoms with Gasteiger partial charge < -0.3 is 23.4 Å². The number of carbonyl (C=O) groups is 2. The Hall–Kier alpha value is -5.44. The number of esters is 2. The van der Waals surface area contributed by atoms with Crippen molar-refractivity contribution in [2.45, 2.75) is 156 Å². The molecular weight excluding hydrogens is 789 g/mol. The number of ether oxygens (including phenoxy) is 4. The highest BCUT2D eigenvalue weighted by Gasteiger charge is 2.16. The molecule has 338 valence electrons. The van der Waals surface area contributed by atoms with Crippen LogP contribution >= 0.6 is 0 Å².